The topological polar surface area (TPSA) is 52.1 Å². The highest BCUT2D eigenvalue weighted by Crippen LogP contribution is 2.22. The van der Waals surface area contributed by atoms with Gasteiger partial charge in [-0.2, -0.15) is 0 Å². The number of aromatic nitrogens is 2. The van der Waals surface area contributed by atoms with Gasteiger partial charge in [-0.25, -0.2) is 9.97 Å². The minimum Gasteiger partial charge on any atom is -0.425 e. The molecule has 0 radical (unpaired) electrons. The number of alkyl halides is 1. The van der Waals surface area contributed by atoms with Gasteiger partial charge in [0, 0.05) is 18.0 Å². The normalized spacial score (nSPS) is 13.1. The van der Waals surface area contributed by atoms with E-state index < -0.39 is 11.3 Å². The summed E-state index contributed by atoms with van der Waals surface area (Å²) in [6.07, 6.45) is 12.0. The Balaban J connectivity index is 1.89. The van der Waals surface area contributed by atoms with E-state index in [-0.39, 0.29) is 5.92 Å². The monoisotopic (exact) mass is 402 g/mol. The molecule has 1 heterocycles. The second-order valence-corrected chi connectivity index (χ2v) is 7.78. The molecule has 0 fully saturated rings. The van der Waals surface area contributed by atoms with Crippen molar-refractivity contribution in [3.05, 3.63) is 42.2 Å². The maximum absolute atomic E-state index is 12.1. The summed E-state index contributed by atoms with van der Waals surface area (Å²) in [5, 5.41) is -0.637. The van der Waals surface area contributed by atoms with Gasteiger partial charge in [-0.15, -0.1) is 11.6 Å². The van der Waals surface area contributed by atoms with Crippen molar-refractivity contribution >= 4 is 17.6 Å². The van der Waals surface area contributed by atoms with Crippen molar-refractivity contribution in [2.45, 2.75) is 71.1 Å². The zero-order chi connectivity index (χ0) is 20.4. The number of benzene rings is 1. The fraction of sp³-hybridized carbons (Fsp3) is 0.522. The molecule has 1 aromatic heterocycles. The fourth-order valence-electron chi connectivity index (χ4n) is 2.85. The third-order valence-corrected chi connectivity index (χ3v) is 5.58. The highest BCUT2D eigenvalue weighted by molar-refractivity contribution is 6.30. The Morgan fingerprint density at radius 1 is 1.04 bits per heavy atom. The molecule has 2 aromatic rings. The zero-order valence-electron chi connectivity index (χ0n) is 17.2. The Hall–Kier alpha value is -1.94. The molecule has 4 nitrogen and oxygen atoms in total. The van der Waals surface area contributed by atoms with Gasteiger partial charge in [0.15, 0.2) is 5.82 Å². The number of carbonyl (C=O) groups excluding carboxylic acids is 1. The standard InChI is InChI=1S/C23H31ClN2O2/c1-4-6-7-8-9-10-18-15-25-22(26-16-18)19-11-13-20(14-12-19)28-23(27)21(24)17(3)5-2/h11-17,21H,4-10H2,1-3H3. The van der Waals surface area contributed by atoms with Gasteiger partial charge in [0.2, 0.25) is 0 Å². The van der Waals surface area contributed by atoms with Crippen LogP contribution < -0.4 is 4.74 Å². The van der Waals surface area contributed by atoms with E-state index in [2.05, 4.69) is 16.9 Å². The Bertz CT molecular complexity index is 716. The van der Waals surface area contributed by atoms with E-state index in [1.807, 2.05) is 38.4 Å². The van der Waals surface area contributed by atoms with Gasteiger partial charge in [-0.05, 0) is 48.6 Å². The summed E-state index contributed by atoms with van der Waals surface area (Å²) in [5.41, 5.74) is 2.06. The highest BCUT2D eigenvalue weighted by Gasteiger charge is 2.23. The van der Waals surface area contributed by atoms with Crippen LogP contribution in [0.4, 0.5) is 0 Å². The number of halogens is 1. The number of rotatable bonds is 11. The van der Waals surface area contributed by atoms with E-state index in [9.17, 15) is 4.79 Å². The predicted molar refractivity (Wildman–Crippen MR) is 115 cm³/mol. The van der Waals surface area contributed by atoms with E-state index in [1.165, 1.54) is 37.7 Å². The first-order valence-corrected chi connectivity index (χ1v) is 10.8. The largest absolute Gasteiger partial charge is 0.425 e. The van der Waals surface area contributed by atoms with Gasteiger partial charge in [-0.3, -0.25) is 4.79 Å². The Morgan fingerprint density at radius 2 is 1.68 bits per heavy atom. The Kier molecular flexibility index (Phi) is 9.42. The lowest BCUT2D eigenvalue weighted by Crippen LogP contribution is -2.26. The Labute approximate surface area is 173 Å². The average molecular weight is 403 g/mol. The summed E-state index contributed by atoms with van der Waals surface area (Å²) in [4.78, 5) is 21.0. The van der Waals surface area contributed by atoms with Crippen LogP contribution in [0.25, 0.3) is 11.4 Å². The second-order valence-electron chi connectivity index (χ2n) is 7.31. The van der Waals surface area contributed by atoms with E-state index in [4.69, 9.17) is 16.3 Å². The summed E-state index contributed by atoms with van der Waals surface area (Å²) in [6, 6.07) is 7.21. The molecule has 5 heteroatoms. The van der Waals surface area contributed by atoms with Crippen molar-refractivity contribution in [1.29, 1.82) is 0 Å². The van der Waals surface area contributed by atoms with Crippen molar-refractivity contribution < 1.29 is 9.53 Å². The zero-order valence-corrected chi connectivity index (χ0v) is 17.9. The maximum atomic E-state index is 12.1. The summed E-state index contributed by atoms with van der Waals surface area (Å²) >= 11 is 6.14. The van der Waals surface area contributed by atoms with E-state index >= 15 is 0 Å². The molecule has 0 aliphatic carbocycles. The van der Waals surface area contributed by atoms with Gasteiger partial charge in [0.1, 0.15) is 11.1 Å². The number of hydrogen-bond donors (Lipinski definition) is 0. The quantitative estimate of drug-likeness (QED) is 0.194. The number of unbranched alkanes of at least 4 members (excludes halogenated alkanes) is 4. The number of aryl methyl sites for hydroxylation is 1. The molecule has 0 saturated carbocycles. The molecule has 0 aliphatic heterocycles. The molecule has 1 aromatic carbocycles. The lowest BCUT2D eigenvalue weighted by Gasteiger charge is -2.14. The lowest BCUT2D eigenvalue weighted by atomic mass is 10.1. The van der Waals surface area contributed by atoms with Crippen LogP contribution in [-0.4, -0.2) is 21.3 Å². The summed E-state index contributed by atoms with van der Waals surface area (Å²) in [5.74, 6) is 0.809. The third kappa shape index (κ3) is 6.90. The van der Waals surface area contributed by atoms with Crippen LogP contribution in [0.3, 0.4) is 0 Å². The third-order valence-electron chi connectivity index (χ3n) is 4.97. The molecule has 2 unspecified atom stereocenters. The van der Waals surface area contributed by atoms with E-state index in [1.54, 1.807) is 12.1 Å². The minimum atomic E-state index is -0.637. The number of carbonyl (C=O) groups is 1. The second kappa shape index (κ2) is 11.8. The van der Waals surface area contributed by atoms with Crippen LogP contribution in [0.1, 0.15) is 64.9 Å². The first-order valence-electron chi connectivity index (χ1n) is 10.3. The molecule has 0 amide bonds. The SMILES string of the molecule is CCCCCCCc1cnc(-c2ccc(OC(=O)C(Cl)C(C)CC)cc2)nc1. The molecule has 0 aliphatic rings. The summed E-state index contributed by atoms with van der Waals surface area (Å²) in [7, 11) is 0. The van der Waals surface area contributed by atoms with Gasteiger partial charge in [-0.1, -0.05) is 52.9 Å². The van der Waals surface area contributed by atoms with Crippen molar-refractivity contribution in [3.8, 4) is 17.1 Å². The number of hydrogen-bond acceptors (Lipinski definition) is 4. The predicted octanol–water partition coefficient (Wildman–Crippen LogP) is 6.22. The van der Waals surface area contributed by atoms with Crippen LogP contribution in [0.2, 0.25) is 0 Å². The van der Waals surface area contributed by atoms with Crippen molar-refractivity contribution in [1.82, 2.24) is 9.97 Å². The molecule has 0 bridgehead atoms. The minimum absolute atomic E-state index is 0.0759. The maximum Gasteiger partial charge on any atom is 0.329 e. The van der Waals surface area contributed by atoms with Gasteiger partial charge in [0.25, 0.3) is 0 Å². The van der Waals surface area contributed by atoms with Crippen LogP contribution in [0.5, 0.6) is 5.75 Å². The molecular formula is C23H31ClN2O2. The average Bonchev–Trinajstić information content (AvgIpc) is 2.73. The molecule has 2 atom stereocenters. The number of ether oxygens (including phenoxy) is 1. The van der Waals surface area contributed by atoms with Crippen molar-refractivity contribution in [2.24, 2.45) is 5.92 Å². The van der Waals surface area contributed by atoms with Crippen LogP contribution in [-0.2, 0) is 11.2 Å². The van der Waals surface area contributed by atoms with Gasteiger partial charge < -0.3 is 4.74 Å². The number of nitrogens with zero attached hydrogens (tertiary/aromatic N) is 2. The van der Waals surface area contributed by atoms with E-state index in [0.717, 1.165) is 18.4 Å². The Morgan fingerprint density at radius 3 is 2.29 bits per heavy atom. The van der Waals surface area contributed by atoms with E-state index in [0.29, 0.717) is 11.6 Å². The number of esters is 1. The molecule has 0 N–H and O–H groups in total. The summed E-state index contributed by atoms with van der Waals surface area (Å²) in [6.45, 7) is 6.17. The molecule has 152 valence electrons. The van der Waals surface area contributed by atoms with Gasteiger partial charge >= 0.3 is 5.97 Å². The fourth-order valence-corrected chi connectivity index (χ4v) is 3.07. The first kappa shape index (κ1) is 22.4. The van der Waals surface area contributed by atoms with Crippen LogP contribution >= 0.6 is 11.6 Å². The molecule has 28 heavy (non-hydrogen) atoms. The van der Waals surface area contributed by atoms with Crippen molar-refractivity contribution in [2.75, 3.05) is 0 Å². The summed E-state index contributed by atoms with van der Waals surface area (Å²) < 4.78 is 5.37. The molecule has 0 spiro atoms. The first-order chi connectivity index (χ1) is 13.5. The lowest BCUT2D eigenvalue weighted by molar-refractivity contribution is -0.134. The molecule has 2 rings (SSSR count). The van der Waals surface area contributed by atoms with Crippen molar-refractivity contribution in [3.63, 3.8) is 0 Å². The molecular weight excluding hydrogens is 372 g/mol. The molecule has 0 saturated heterocycles. The van der Waals surface area contributed by atoms with Gasteiger partial charge in [0.05, 0.1) is 0 Å². The smallest absolute Gasteiger partial charge is 0.329 e. The van der Waals surface area contributed by atoms with Crippen LogP contribution in [0.15, 0.2) is 36.7 Å². The highest BCUT2D eigenvalue weighted by atomic mass is 35.5. The van der Waals surface area contributed by atoms with Crippen LogP contribution in [0, 0.1) is 5.92 Å².